The lowest BCUT2D eigenvalue weighted by molar-refractivity contribution is -0.870. The number of phosphoric ester groups is 1. The van der Waals surface area contributed by atoms with Gasteiger partial charge < -0.3 is 28.8 Å². The zero-order valence-electron chi connectivity index (χ0n) is 51.3. The number of nitrogens with one attached hydrogen (secondary N) is 1. The average Bonchev–Trinajstić information content (AvgIpc) is 3.42. The van der Waals surface area contributed by atoms with Gasteiger partial charge in [0.2, 0.25) is 5.91 Å². The predicted molar refractivity (Wildman–Crippen MR) is 343 cm³/mol. The fraction of sp³-hybridized carbons (Fsp3) is 0.643. The molecule has 3 atom stereocenters. The second-order valence-electron chi connectivity index (χ2n) is 22.0. The lowest BCUT2D eigenvalue weighted by Gasteiger charge is -2.29. The number of phosphoric acid groups is 1. The van der Waals surface area contributed by atoms with Gasteiger partial charge >= 0.3 is 0 Å². The van der Waals surface area contributed by atoms with Crippen LogP contribution in [0.4, 0.5) is 0 Å². The molecule has 0 fully saturated rings. The van der Waals surface area contributed by atoms with Crippen LogP contribution in [0.15, 0.2) is 146 Å². The Morgan fingerprint density at radius 3 is 1.18 bits per heavy atom. The van der Waals surface area contributed by atoms with E-state index >= 15 is 0 Å². The highest BCUT2D eigenvalue weighted by molar-refractivity contribution is 7.45. The van der Waals surface area contributed by atoms with Crippen LogP contribution >= 0.6 is 7.82 Å². The molecule has 3 unspecified atom stereocenters. The van der Waals surface area contributed by atoms with Gasteiger partial charge in [-0.25, -0.2) is 0 Å². The van der Waals surface area contributed by atoms with Gasteiger partial charge in [0.15, 0.2) is 0 Å². The van der Waals surface area contributed by atoms with Gasteiger partial charge in [0.25, 0.3) is 7.82 Å². The number of likely N-dealkylation sites (N-methyl/N-ethyl adjacent to an activating group) is 1. The van der Waals surface area contributed by atoms with Crippen molar-refractivity contribution in [2.24, 2.45) is 0 Å². The van der Waals surface area contributed by atoms with Crippen LogP contribution in [0, 0.1) is 0 Å². The normalized spacial score (nSPS) is 14.8. The standard InChI is InChI=1S/C70H119N2O6P/c1-6-8-10-12-14-16-18-20-22-24-26-28-30-32-34-36-38-40-42-44-46-48-50-52-54-56-58-60-62-64-70(74)71-68(67-78-79(75,76)77-66-65-72(3,4)5)69(73)63-61-59-57-55-53-51-49-47-45-43-41-39-37-35-33-31-29-27-25-23-21-19-17-15-13-11-9-7-2/h8,10,14,16,20,22,26,28,32,34,38,40,44-47,50,52-53,55-56,58,61,63,68-69,73H,6-7,9,11-13,15,17-19,21,23-25,27,29-31,33,35-37,39,41-43,48-49,51,54,57,59-60,62,64-67H2,1-5H3,(H-,71,74,75,76)/b10-8-,16-14-,22-20-,28-26-,34-32-,40-38-,46-44-,47-45+,52-50-,55-53+,58-56-,63-61+. The third-order valence-corrected chi connectivity index (χ3v) is 14.2. The molecule has 0 heterocycles. The van der Waals surface area contributed by atoms with Crippen molar-refractivity contribution < 1.29 is 32.9 Å². The molecule has 8 nitrogen and oxygen atoms in total. The van der Waals surface area contributed by atoms with E-state index in [0.717, 1.165) is 83.5 Å². The lowest BCUT2D eigenvalue weighted by Crippen LogP contribution is -2.45. The first-order valence-corrected chi connectivity index (χ1v) is 33.2. The molecule has 0 rings (SSSR count). The second-order valence-corrected chi connectivity index (χ2v) is 23.4. The summed E-state index contributed by atoms with van der Waals surface area (Å²) < 4.78 is 23.3. The monoisotopic (exact) mass is 1110 g/mol. The Balaban J connectivity index is 4.38. The third kappa shape index (κ3) is 61.8. The summed E-state index contributed by atoms with van der Waals surface area (Å²) in [4.78, 5) is 25.5. The Kier molecular flexibility index (Phi) is 56.3. The van der Waals surface area contributed by atoms with E-state index in [1.807, 2.05) is 27.2 Å². The van der Waals surface area contributed by atoms with E-state index in [0.29, 0.717) is 23.9 Å². The van der Waals surface area contributed by atoms with E-state index in [1.165, 1.54) is 122 Å². The molecule has 450 valence electrons. The average molecular weight is 1120 g/mol. The van der Waals surface area contributed by atoms with Crippen molar-refractivity contribution in [3.63, 3.8) is 0 Å². The molecular weight excluding hydrogens is 996 g/mol. The molecule has 0 saturated heterocycles. The lowest BCUT2D eigenvalue weighted by atomic mass is 10.0. The number of unbranched alkanes of at least 4 members (excludes halogenated alkanes) is 21. The molecule has 0 aromatic rings. The topological polar surface area (TPSA) is 108 Å². The summed E-state index contributed by atoms with van der Waals surface area (Å²) in [5, 5.41) is 13.8. The summed E-state index contributed by atoms with van der Waals surface area (Å²) in [5.41, 5.74) is 0. The molecule has 9 heteroatoms. The molecule has 79 heavy (non-hydrogen) atoms. The van der Waals surface area contributed by atoms with Gasteiger partial charge in [-0.3, -0.25) is 9.36 Å². The Labute approximate surface area is 487 Å². The number of aliphatic hydroxyl groups excluding tert-OH is 1. The summed E-state index contributed by atoms with van der Waals surface area (Å²) in [6.45, 7) is 4.46. The van der Waals surface area contributed by atoms with Crippen LogP contribution in [-0.4, -0.2) is 68.5 Å². The molecule has 0 aromatic heterocycles. The zero-order chi connectivity index (χ0) is 57.7. The number of carbonyl (C=O) groups is 1. The fourth-order valence-electron chi connectivity index (χ4n) is 8.36. The van der Waals surface area contributed by atoms with Gasteiger partial charge in [-0.15, -0.1) is 0 Å². The second kappa shape index (κ2) is 59.0. The zero-order valence-corrected chi connectivity index (χ0v) is 52.2. The van der Waals surface area contributed by atoms with Gasteiger partial charge in [0, 0.05) is 6.42 Å². The minimum atomic E-state index is -4.64. The van der Waals surface area contributed by atoms with Crippen LogP contribution in [0.1, 0.15) is 239 Å². The highest BCUT2D eigenvalue weighted by Crippen LogP contribution is 2.38. The quantitative estimate of drug-likeness (QED) is 0.0272. The summed E-state index contributed by atoms with van der Waals surface area (Å²) in [7, 11) is 1.18. The van der Waals surface area contributed by atoms with Crippen molar-refractivity contribution in [2.75, 3.05) is 40.9 Å². The van der Waals surface area contributed by atoms with Crippen molar-refractivity contribution >= 4 is 13.7 Å². The van der Waals surface area contributed by atoms with Crippen LogP contribution in [0.5, 0.6) is 0 Å². The summed E-state index contributed by atoms with van der Waals surface area (Å²) in [6, 6.07) is -0.954. The van der Waals surface area contributed by atoms with Crippen molar-refractivity contribution in [3.05, 3.63) is 146 Å². The SMILES string of the molecule is CC/C=C\C/C=C\C/C=C\C/C=C\C/C=C\C/C=C\C/C=C\C/C=C\C/C=C\CCCC(=O)NC(COP(=O)([O-])OCC[N+](C)(C)C)C(O)/C=C/CC/C=C/CC/C=C/CCCCCCCCCCCCCCCCCCCC. The van der Waals surface area contributed by atoms with Gasteiger partial charge in [0.05, 0.1) is 39.9 Å². The van der Waals surface area contributed by atoms with E-state index in [4.69, 9.17) is 9.05 Å². The number of aliphatic hydroxyl groups is 1. The Bertz CT molecular complexity index is 1790. The maximum atomic E-state index is 13.0. The fourth-order valence-corrected chi connectivity index (χ4v) is 9.09. The number of nitrogens with zero attached hydrogens (tertiary/aromatic N) is 1. The smallest absolute Gasteiger partial charge is 0.268 e. The summed E-state index contributed by atoms with van der Waals surface area (Å²) >= 11 is 0. The molecular formula is C70H119N2O6P. The first-order valence-electron chi connectivity index (χ1n) is 31.7. The van der Waals surface area contributed by atoms with Crippen molar-refractivity contribution in [1.29, 1.82) is 0 Å². The van der Waals surface area contributed by atoms with E-state index in [2.05, 4.69) is 153 Å². The molecule has 0 radical (unpaired) electrons. The first kappa shape index (κ1) is 75.4. The highest BCUT2D eigenvalue weighted by atomic mass is 31.2. The van der Waals surface area contributed by atoms with E-state index in [9.17, 15) is 19.4 Å². The molecule has 1 amide bonds. The number of quaternary nitrogens is 1. The molecule has 0 aliphatic heterocycles. The van der Waals surface area contributed by atoms with Crippen LogP contribution < -0.4 is 10.2 Å². The molecule has 0 spiro atoms. The predicted octanol–water partition coefficient (Wildman–Crippen LogP) is 19.4. The van der Waals surface area contributed by atoms with E-state index in [-0.39, 0.29) is 18.9 Å². The van der Waals surface area contributed by atoms with Crippen LogP contribution in [0.2, 0.25) is 0 Å². The molecule has 0 aliphatic rings. The largest absolute Gasteiger partial charge is 0.756 e. The van der Waals surface area contributed by atoms with E-state index < -0.39 is 26.6 Å². The summed E-state index contributed by atoms with van der Waals surface area (Å²) in [6.07, 6.45) is 91.0. The van der Waals surface area contributed by atoms with Gasteiger partial charge in [-0.2, -0.15) is 0 Å². The Morgan fingerprint density at radius 1 is 0.456 bits per heavy atom. The number of hydrogen-bond donors (Lipinski definition) is 2. The molecule has 2 N–H and O–H groups in total. The Hall–Kier alpha value is -3.62. The van der Waals surface area contributed by atoms with Crippen molar-refractivity contribution in [3.8, 4) is 0 Å². The molecule has 0 bridgehead atoms. The molecule has 0 aromatic carbocycles. The van der Waals surface area contributed by atoms with Gasteiger partial charge in [-0.1, -0.05) is 269 Å². The number of amides is 1. The molecule has 0 aliphatic carbocycles. The molecule has 0 saturated carbocycles. The maximum absolute atomic E-state index is 13.0. The van der Waals surface area contributed by atoms with Crippen LogP contribution in [-0.2, 0) is 18.4 Å². The first-order chi connectivity index (χ1) is 38.5. The van der Waals surface area contributed by atoms with Crippen LogP contribution in [0.25, 0.3) is 0 Å². The van der Waals surface area contributed by atoms with Crippen molar-refractivity contribution in [2.45, 2.75) is 251 Å². The minimum Gasteiger partial charge on any atom is -0.756 e. The number of allylic oxidation sites excluding steroid dienone is 23. The summed E-state index contributed by atoms with van der Waals surface area (Å²) in [5.74, 6) is -0.274. The Morgan fingerprint density at radius 2 is 0.785 bits per heavy atom. The highest BCUT2D eigenvalue weighted by Gasteiger charge is 2.23. The van der Waals surface area contributed by atoms with Crippen LogP contribution in [0.3, 0.4) is 0 Å². The van der Waals surface area contributed by atoms with E-state index in [1.54, 1.807) is 6.08 Å². The third-order valence-electron chi connectivity index (χ3n) is 13.3. The number of rotatable bonds is 56. The minimum absolute atomic E-state index is 0.0285. The number of carbonyl (C=O) groups excluding carboxylic acids is 1. The number of hydrogen-bond acceptors (Lipinski definition) is 6. The van der Waals surface area contributed by atoms with Gasteiger partial charge in [0.1, 0.15) is 13.2 Å². The van der Waals surface area contributed by atoms with Gasteiger partial charge in [-0.05, 0) is 109 Å². The van der Waals surface area contributed by atoms with Crippen molar-refractivity contribution in [1.82, 2.24) is 5.32 Å². The maximum Gasteiger partial charge on any atom is 0.268 e.